The molecule has 0 rings (SSSR count). The highest BCUT2D eigenvalue weighted by atomic mass is 31.2. The third-order valence-corrected chi connectivity index (χ3v) is 23.3. The van der Waals surface area contributed by atoms with Crippen molar-refractivity contribution >= 4 is 39.5 Å². The maximum Gasteiger partial charge on any atom is 0.472 e. The zero-order chi connectivity index (χ0) is 78.5. The van der Waals surface area contributed by atoms with Gasteiger partial charge in [-0.1, -0.05) is 420 Å². The highest BCUT2D eigenvalue weighted by molar-refractivity contribution is 7.47. The van der Waals surface area contributed by atoms with E-state index in [1.54, 1.807) is 0 Å². The quantitative estimate of drug-likeness (QED) is 0.0222. The summed E-state index contributed by atoms with van der Waals surface area (Å²) in [6.45, 7) is 9.71. The summed E-state index contributed by atoms with van der Waals surface area (Å²) in [5, 5.41) is 10.7. The van der Waals surface area contributed by atoms with Gasteiger partial charge in [0.2, 0.25) is 0 Å². The summed E-state index contributed by atoms with van der Waals surface area (Å²) in [6, 6.07) is 0. The Balaban J connectivity index is 5.22. The lowest BCUT2D eigenvalue weighted by Crippen LogP contribution is -2.30. The zero-order valence-electron chi connectivity index (χ0n) is 70.5. The molecule has 3 N–H and O–H groups in total. The van der Waals surface area contributed by atoms with Crippen LogP contribution in [0.4, 0.5) is 0 Å². The number of aliphatic hydroxyl groups is 1. The Bertz CT molecular complexity index is 2050. The molecule has 0 aromatic rings. The molecule has 107 heavy (non-hydrogen) atoms. The van der Waals surface area contributed by atoms with E-state index < -0.39 is 97.5 Å². The van der Waals surface area contributed by atoms with Crippen LogP contribution in [0.15, 0.2) is 0 Å². The third-order valence-electron chi connectivity index (χ3n) is 21.4. The van der Waals surface area contributed by atoms with Gasteiger partial charge in [-0.05, 0) is 37.5 Å². The molecule has 17 nitrogen and oxygen atoms in total. The van der Waals surface area contributed by atoms with Crippen LogP contribution in [0, 0.1) is 11.8 Å². The van der Waals surface area contributed by atoms with E-state index in [0.717, 1.165) is 108 Å². The van der Waals surface area contributed by atoms with Gasteiger partial charge in [0.1, 0.15) is 19.3 Å². The molecule has 0 heterocycles. The molecule has 0 radical (unpaired) electrons. The first kappa shape index (κ1) is 105. The van der Waals surface area contributed by atoms with Gasteiger partial charge in [-0.3, -0.25) is 37.3 Å². The van der Waals surface area contributed by atoms with Gasteiger partial charge in [-0.2, -0.15) is 0 Å². The Morgan fingerprint density at radius 2 is 0.449 bits per heavy atom. The van der Waals surface area contributed by atoms with Crippen molar-refractivity contribution in [3.05, 3.63) is 0 Å². The number of carbonyl (C=O) groups excluding carboxylic acids is 4. The van der Waals surface area contributed by atoms with E-state index in [2.05, 4.69) is 41.5 Å². The molecule has 0 spiro atoms. The standard InChI is InChI=1S/C88H172O17P2/c1-7-11-13-15-17-19-21-23-25-27-32-35-39-43-47-51-58-64-70-85(90)98-76-83(104-87(92)72-66-61-53-49-45-41-37-33-29-28-31-34-38-42-46-50-56-62-68-80(5)9-3)78-102-106(94,95)100-74-82(89)75-101-107(96,97)103-79-84(77-99-86(91)71-65-59-55-54-57-63-69-81(6)10-4)105-88(93)73-67-60-52-48-44-40-36-30-26-24-22-20-18-16-14-12-8-2/h80-84,89H,7-79H2,1-6H3,(H,94,95)(H,96,97)/t80?,81?,82-,83-,84-/m1/s1. The van der Waals surface area contributed by atoms with Crippen LogP contribution in [0.3, 0.4) is 0 Å². The molecular formula is C88H172O17P2. The van der Waals surface area contributed by atoms with Gasteiger partial charge in [0, 0.05) is 25.7 Å². The van der Waals surface area contributed by atoms with Gasteiger partial charge < -0.3 is 33.8 Å². The molecule has 0 fully saturated rings. The molecule has 0 aliphatic carbocycles. The topological polar surface area (TPSA) is 237 Å². The van der Waals surface area contributed by atoms with Crippen LogP contribution in [0.1, 0.15) is 472 Å². The average molecular weight is 1560 g/mol. The van der Waals surface area contributed by atoms with Crippen LogP contribution in [0.5, 0.6) is 0 Å². The van der Waals surface area contributed by atoms with E-state index in [4.69, 9.17) is 37.0 Å². The summed E-state index contributed by atoms with van der Waals surface area (Å²) in [5.74, 6) is -0.499. The number of hydrogen-bond acceptors (Lipinski definition) is 15. The summed E-state index contributed by atoms with van der Waals surface area (Å²) in [6.07, 6.45) is 72.3. The second-order valence-corrected chi connectivity index (χ2v) is 35.0. The monoisotopic (exact) mass is 1560 g/mol. The molecular weight excluding hydrogens is 1390 g/mol. The zero-order valence-corrected chi connectivity index (χ0v) is 72.2. The van der Waals surface area contributed by atoms with Crippen LogP contribution in [-0.4, -0.2) is 96.7 Å². The van der Waals surface area contributed by atoms with Crippen molar-refractivity contribution in [2.24, 2.45) is 11.8 Å². The fourth-order valence-electron chi connectivity index (χ4n) is 13.7. The van der Waals surface area contributed by atoms with Gasteiger partial charge in [0.25, 0.3) is 0 Å². The number of unbranched alkanes of at least 4 members (excludes halogenated alkanes) is 55. The predicted octanol–water partition coefficient (Wildman–Crippen LogP) is 27.0. The largest absolute Gasteiger partial charge is 0.472 e. The van der Waals surface area contributed by atoms with E-state index in [1.807, 2.05) is 0 Å². The first-order chi connectivity index (χ1) is 51.9. The molecule has 0 bridgehead atoms. The Morgan fingerprint density at radius 1 is 0.262 bits per heavy atom. The van der Waals surface area contributed by atoms with Crippen molar-refractivity contribution in [3.63, 3.8) is 0 Å². The van der Waals surface area contributed by atoms with Gasteiger partial charge in [-0.15, -0.1) is 0 Å². The number of carbonyl (C=O) groups is 4. The summed E-state index contributed by atoms with van der Waals surface area (Å²) in [5.41, 5.74) is 0. The van der Waals surface area contributed by atoms with E-state index in [1.165, 1.54) is 283 Å². The molecule has 0 aromatic carbocycles. The van der Waals surface area contributed by atoms with Gasteiger partial charge in [-0.25, -0.2) is 9.13 Å². The number of phosphoric ester groups is 2. The number of hydrogen-bond donors (Lipinski definition) is 3. The Morgan fingerprint density at radius 3 is 0.664 bits per heavy atom. The maximum atomic E-state index is 13.2. The summed E-state index contributed by atoms with van der Waals surface area (Å²) in [4.78, 5) is 73.3. The van der Waals surface area contributed by atoms with E-state index in [0.29, 0.717) is 25.7 Å². The SMILES string of the molecule is CCCCCCCCCCCCCCCCCCCCC(=O)OC[C@H](COP(=O)(O)OC[C@@H](O)COP(=O)(O)OC[C@@H](COC(=O)CCCCCCCCC(C)CC)OC(=O)CCCCCCCCCCCCCCCCCCC)OC(=O)CCCCCCCCCCCCCCCCCCCCC(C)CC. The minimum atomic E-state index is -4.97. The second-order valence-electron chi connectivity index (χ2n) is 32.1. The normalized spacial score (nSPS) is 14.3. The Kier molecular flexibility index (Phi) is 77.9. The number of rotatable bonds is 87. The summed E-state index contributed by atoms with van der Waals surface area (Å²) >= 11 is 0. The lowest BCUT2D eigenvalue weighted by atomic mass is 9.99. The average Bonchev–Trinajstić information content (AvgIpc) is 0.899. The lowest BCUT2D eigenvalue weighted by Gasteiger charge is -2.21. The van der Waals surface area contributed by atoms with Crippen LogP contribution >= 0.6 is 15.6 Å². The minimum absolute atomic E-state index is 0.108. The van der Waals surface area contributed by atoms with Crippen LogP contribution in [0.2, 0.25) is 0 Å². The molecule has 7 atom stereocenters. The molecule has 0 saturated heterocycles. The molecule has 0 amide bonds. The maximum absolute atomic E-state index is 13.2. The molecule has 0 aliphatic rings. The van der Waals surface area contributed by atoms with Crippen LogP contribution in [0.25, 0.3) is 0 Å². The molecule has 0 aromatic heterocycles. The highest BCUT2D eigenvalue weighted by Crippen LogP contribution is 2.45. The summed E-state index contributed by atoms with van der Waals surface area (Å²) in [7, 11) is -9.93. The van der Waals surface area contributed by atoms with E-state index in [-0.39, 0.29) is 25.7 Å². The molecule has 4 unspecified atom stereocenters. The fourth-order valence-corrected chi connectivity index (χ4v) is 15.3. The van der Waals surface area contributed by atoms with Crippen LogP contribution < -0.4 is 0 Å². The number of ether oxygens (including phenoxy) is 4. The fraction of sp³-hybridized carbons (Fsp3) is 0.955. The number of aliphatic hydroxyl groups excluding tert-OH is 1. The third kappa shape index (κ3) is 79.1. The predicted molar refractivity (Wildman–Crippen MR) is 442 cm³/mol. The van der Waals surface area contributed by atoms with Crippen LogP contribution in [-0.2, 0) is 65.4 Å². The number of phosphoric acid groups is 2. The lowest BCUT2D eigenvalue weighted by molar-refractivity contribution is -0.161. The molecule has 19 heteroatoms. The van der Waals surface area contributed by atoms with E-state index >= 15 is 0 Å². The van der Waals surface area contributed by atoms with Crippen molar-refractivity contribution < 1.29 is 80.2 Å². The Labute approximate surface area is 658 Å². The van der Waals surface area contributed by atoms with Crippen molar-refractivity contribution in [2.45, 2.75) is 490 Å². The molecule has 0 saturated carbocycles. The van der Waals surface area contributed by atoms with Gasteiger partial charge in [0.05, 0.1) is 26.4 Å². The van der Waals surface area contributed by atoms with Crippen molar-refractivity contribution in [1.29, 1.82) is 0 Å². The van der Waals surface area contributed by atoms with E-state index in [9.17, 15) is 43.2 Å². The van der Waals surface area contributed by atoms with Crippen molar-refractivity contribution in [1.82, 2.24) is 0 Å². The Hall–Kier alpha value is -1.94. The van der Waals surface area contributed by atoms with Gasteiger partial charge >= 0.3 is 39.5 Å². The first-order valence-electron chi connectivity index (χ1n) is 45.6. The highest BCUT2D eigenvalue weighted by Gasteiger charge is 2.31. The first-order valence-corrected chi connectivity index (χ1v) is 48.6. The summed E-state index contributed by atoms with van der Waals surface area (Å²) < 4.78 is 69.0. The molecule has 636 valence electrons. The number of esters is 4. The smallest absolute Gasteiger partial charge is 0.462 e. The van der Waals surface area contributed by atoms with Crippen molar-refractivity contribution in [2.75, 3.05) is 39.6 Å². The van der Waals surface area contributed by atoms with Crippen molar-refractivity contribution in [3.8, 4) is 0 Å². The van der Waals surface area contributed by atoms with Gasteiger partial charge in [0.15, 0.2) is 12.2 Å². The molecule has 0 aliphatic heterocycles. The second kappa shape index (κ2) is 79.3. The minimum Gasteiger partial charge on any atom is -0.462 e.